The van der Waals surface area contributed by atoms with Gasteiger partial charge in [0.1, 0.15) is 5.69 Å². The van der Waals surface area contributed by atoms with E-state index in [2.05, 4.69) is 26.1 Å². The minimum atomic E-state index is -0.661. The van der Waals surface area contributed by atoms with E-state index < -0.39 is 10.9 Å². The Labute approximate surface area is 153 Å². The molecular formula is C19H16ClN3OS. The van der Waals surface area contributed by atoms with E-state index in [9.17, 15) is 4.79 Å². The number of fused-ring (bicyclic) bond motifs is 1. The summed E-state index contributed by atoms with van der Waals surface area (Å²) in [4.78, 5) is 21.3. The highest BCUT2D eigenvalue weighted by Crippen LogP contribution is 2.48. The summed E-state index contributed by atoms with van der Waals surface area (Å²) >= 11 is 6.18. The van der Waals surface area contributed by atoms with Crippen molar-refractivity contribution < 1.29 is 4.79 Å². The molecule has 1 aliphatic rings. The molecule has 0 radical (unpaired) electrons. The van der Waals surface area contributed by atoms with Crippen molar-refractivity contribution in [3.05, 3.63) is 82.0 Å². The van der Waals surface area contributed by atoms with Crippen LogP contribution in [0.25, 0.3) is 10.9 Å². The maximum Gasteiger partial charge on any atom is 0.269 e. The van der Waals surface area contributed by atoms with Crippen molar-refractivity contribution in [2.24, 2.45) is 0 Å². The predicted molar refractivity (Wildman–Crippen MR) is 104 cm³/mol. The second kappa shape index (κ2) is 6.78. The molecule has 25 heavy (non-hydrogen) atoms. The number of halogens is 1. The third-order valence-corrected chi connectivity index (χ3v) is 6.18. The van der Waals surface area contributed by atoms with Crippen LogP contribution in [0.15, 0.2) is 70.5 Å². The molecule has 2 N–H and O–H groups in total. The maximum absolute atomic E-state index is 12.8. The van der Waals surface area contributed by atoms with Crippen molar-refractivity contribution in [1.29, 1.82) is 0 Å². The summed E-state index contributed by atoms with van der Waals surface area (Å²) in [5.74, 6) is -0.135. The van der Waals surface area contributed by atoms with Crippen LogP contribution in [0.2, 0.25) is 5.02 Å². The molecule has 4 rings (SSSR count). The lowest BCUT2D eigenvalue weighted by Crippen LogP contribution is -2.24. The van der Waals surface area contributed by atoms with Gasteiger partial charge < -0.3 is 10.3 Å². The van der Waals surface area contributed by atoms with Gasteiger partial charge in [0.05, 0.1) is 12.2 Å². The molecule has 3 aromatic rings. The molecule has 0 aliphatic carbocycles. The fourth-order valence-electron chi connectivity index (χ4n) is 2.83. The fourth-order valence-corrected chi connectivity index (χ4v) is 4.85. The Balaban J connectivity index is 1.70. The van der Waals surface area contributed by atoms with E-state index >= 15 is 0 Å². The van der Waals surface area contributed by atoms with E-state index in [0.29, 0.717) is 17.3 Å². The number of nitrogens with one attached hydrogen (secondary N) is 2. The molecule has 0 spiro atoms. The number of hydrogen-bond acceptors (Lipinski definition) is 2. The number of aromatic nitrogens is 2. The van der Waals surface area contributed by atoms with E-state index in [4.69, 9.17) is 11.6 Å². The van der Waals surface area contributed by atoms with Gasteiger partial charge in [-0.2, -0.15) is 10.9 Å². The minimum Gasteiger partial charge on any atom is -0.350 e. The second-order valence-electron chi connectivity index (χ2n) is 5.63. The predicted octanol–water partition coefficient (Wildman–Crippen LogP) is 4.55. The Morgan fingerprint density at radius 2 is 2.04 bits per heavy atom. The van der Waals surface area contributed by atoms with Crippen molar-refractivity contribution in [2.45, 2.75) is 11.4 Å². The minimum absolute atomic E-state index is 0.135. The number of amides is 1. The van der Waals surface area contributed by atoms with Crippen LogP contribution in [0, 0.1) is 0 Å². The molecule has 1 aromatic carbocycles. The number of benzene rings is 1. The normalized spacial score (nSPS) is 14.4. The summed E-state index contributed by atoms with van der Waals surface area (Å²) in [6.07, 6.45) is 5.75. The van der Waals surface area contributed by atoms with Crippen molar-refractivity contribution in [1.82, 2.24) is 15.3 Å². The molecule has 1 amide bonds. The number of allylic oxidation sites excluding steroid dienone is 2. The topological polar surface area (TPSA) is 57.8 Å². The van der Waals surface area contributed by atoms with Crippen LogP contribution in [0.1, 0.15) is 16.2 Å². The summed E-state index contributed by atoms with van der Waals surface area (Å²) in [7, 11) is -0.661. The van der Waals surface area contributed by atoms with Crippen LogP contribution in [0.3, 0.4) is 0 Å². The zero-order valence-corrected chi connectivity index (χ0v) is 14.9. The number of hydrogen-bond donors (Lipinski definition) is 3. The van der Waals surface area contributed by atoms with E-state index in [0.717, 1.165) is 21.5 Å². The number of aromatic amines is 1. The van der Waals surface area contributed by atoms with E-state index in [1.807, 2.05) is 48.6 Å². The summed E-state index contributed by atoms with van der Waals surface area (Å²) < 4.78 is 0. The summed E-state index contributed by atoms with van der Waals surface area (Å²) in [5.41, 5.74) is 2.33. The molecule has 0 saturated carbocycles. The van der Waals surface area contributed by atoms with Crippen LogP contribution in [-0.2, 0) is 6.54 Å². The number of carbonyl (C=O) groups excluding carboxylic acids is 1. The van der Waals surface area contributed by atoms with Crippen molar-refractivity contribution >= 4 is 39.3 Å². The lowest BCUT2D eigenvalue weighted by atomic mass is 10.2. The first kappa shape index (κ1) is 16.0. The Hall–Kier alpha value is -2.50. The lowest BCUT2D eigenvalue weighted by molar-refractivity contribution is 0.0943. The molecule has 0 bridgehead atoms. The SMILES string of the molecule is O=C(NCc1ccccn1)c1[nH]c2ccc(Cl)cc2c1[SH]1C=CC=C1. The van der Waals surface area contributed by atoms with Gasteiger partial charge in [-0.3, -0.25) is 9.78 Å². The smallest absolute Gasteiger partial charge is 0.269 e. The number of pyridine rings is 1. The van der Waals surface area contributed by atoms with Crippen LogP contribution in [-0.4, -0.2) is 15.9 Å². The fraction of sp³-hybridized carbons (Fsp3) is 0.0526. The first-order valence-corrected chi connectivity index (χ1v) is 9.71. The van der Waals surface area contributed by atoms with Crippen LogP contribution in [0.5, 0.6) is 0 Å². The van der Waals surface area contributed by atoms with E-state index in [1.54, 1.807) is 6.20 Å². The lowest BCUT2D eigenvalue weighted by Gasteiger charge is -2.12. The van der Waals surface area contributed by atoms with E-state index in [1.165, 1.54) is 0 Å². The quantitative estimate of drug-likeness (QED) is 0.591. The molecule has 1 aliphatic heterocycles. The van der Waals surface area contributed by atoms with Gasteiger partial charge >= 0.3 is 0 Å². The van der Waals surface area contributed by atoms with Crippen molar-refractivity contribution in [2.75, 3.05) is 0 Å². The highest BCUT2D eigenvalue weighted by Gasteiger charge is 2.21. The molecule has 126 valence electrons. The van der Waals surface area contributed by atoms with Gasteiger partial charge in [0.25, 0.3) is 5.91 Å². The monoisotopic (exact) mass is 369 g/mol. The summed E-state index contributed by atoms with van der Waals surface area (Å²) in [5, 5.41) is 8.88. The summed E-state index contributed by atoms with van der Waals surface area (Å²) in [6.45, 7) is 0.388. The number of rotatable bonds is 4. The zero-order chi connectivity index (χ0) is 17.2. The maximum atomic E-state index is 12.8. The third-order valence-electron chi connectivity index (χ3n) is 3.98. The molecule has 2 aromatic heterocycles. The Morgan fingerprint density at radius 1 is 1.20 bits per heavy atom. The van der Waals surface area contributed by atoms with Gasteiger partial charge in [0.2, 0.25) is 0 Å². The Morgan fingerprint density at radius 3 is 2.80 bits per heavy atom. The van der Waals surface area contributed by atoms with Crippen molar-refractivity contribution in [3.63, 3.8) is 0 Å². The average Bonchev–Trinajstić information content (AvgIpc) is 3.27. The van der Waals surface area contributed by atoms with Crippen LogP contribution in [0.4, 0.5) is 0 Å². The van der Waals surface area contributed by atoms with Crippen LogP contribution < -0.4 is 5.32 Å². The molecule has 6 heteroatoms. The zero-order valence-electron chi connectivity index (χ0n) is 13.2. The standard InChI is InChI=1S/C19H16ClN3OS/c20-13-6-7-16-15(11-13)18(25-9-3-4-10-25)17(23-16)19(24)22-12-14-5-1-2-8-21-14/h1-11,23,25H,12H2,(H,22,24). The van der Waals surface area contributed by atoms with Gasteiger partial charge in [-0.1, -0.05) is 29.8 Å². The molecule has 4 nitrogen and oxygen atoms in total. The van der Waals surface area contributed by atoms with Crippen molar-refractivity contribution in [3.8, 4) is 0 Å². The number of H-pyrrole nitrogens is 1. The largest absolute Gasteiger partial charge is 0.350 e. The molecule has 0 atom stereocenters. The van der Waals surface area contributed by atoms with Gasteiger partial charge in [0.15, 0.2) is 0 Å². The second-order valence-corrected chi connectivity index (χ2v) is 7.93. The van der Waals surface area contributed by atoms with Gasteiger partial charge in [0, 0.05) is 27.0 Å². The molecule has 0 fully saturated rings. The Kier molecular flexibility index (Phi) is 4.34. The van der Waals surface area contributed by atoms with E-state index in [-0.39, 0.29) is 5.91 Å². The molecule has 3 heterocycles. The van der Waals surface area contributed by atoms with Gasteiger partial charge in [-0.15, -0.1) is 0 Å². The highest BCUT2D eigenvalue weighted by atomic mass is 35.5. The first-order valence-electron chi connectivity index (χ1n) is 7.85. The number of nitrogens with zero attached hydrogens (tertiary/aromatic N) is 1. The van der Waals surface area contributed by atoms with Gasteiger partial charge in [-0.05, 0) is 41.1 Å². The first-order chi connectivity index (χ1) is 12.2. The molecular weight excluding hydrogens is 354 g/mol. The molecule has 0 saturated heterocycles. The van der Waals surface area contributed by atoms with Crippen LogP contribution >= 0.6 is 22.5 Å². The third kappa shape index (κ3) is 3.21. The highest BCUT2D eigenvalue weighted by molar-refractivity contribution is 8.22. The summed E-state index contributed by atoms with van der Waals surface area (Å²) in [6, 6.07) is 11.3. The number of carbonyl (C=O) groups is 1. The Bertz CT molecular complexity index is 983. The number of thiol groups is 1. The average molecular weight is 370 g/mol. The molecule has 0 unspecified atom stereocenters. The van der Waals surface area contributed by atoms with Gasteiger partial charge in [-0.25, -0.2) is 0 Å².